The van der Waals surface area contributed by atoms with Crippen molar-refractivity contribution in [2.24, 2.45) is 0 Å². The smallest absolute Gasteiger partial charge is 0.326 e. The van der Waals surface area contributed by atoms with Crippen molar-refractivity contribution in [2.45, 2.75) is 31.2 Å². The van der Waals surface area contributed by atoms with Crippen LogP contribution in [0.1, 0.15) is 20.8 Å². The molecule has 0 atom stereocenters. The summed E-state index contributed by atoms with van der Waals surface area (Å²) in [6, 6.07) is 5.61. The summed E-state index contributed by atoms with van der Waals surface area (Å²) in [7, 11) is 0. The number of amides is 1. The summed E-state index contributed by atoms with van der Waals surface area (Å²) in [6.07, 6.45) is 0. The number of nitrogens with one attached hydrogen (secondary N) is 1. The highest BCUT2D eigenvalue weighted by Crippen LogP contribution is 2.27. The lowest BCUT2D eigenvalue weighted by atomic mass is 10.2. The van der Waals surface area contributed by atoms with Crippen LogP contribution in [0, 0.1) is 5.82 Å². The number of ether oxygens (including phenoxy) is 1. The molecule has 0 radical (unpaired) electrons. The van der Waals surface area contributed by atoms with E-state index in [1.54, 1.807) is 6.92 Å². The van der Waals surface area contributed by atoms with Crippen molar-refractivity contribution in [2.75, 3.05) is 29.1 Å². The number of carbonyl (C=O) groups excluding carboxylic acids is 2. The van der Waals surface area contributed by atoms with Crippen LogP contribution in [0.2, 0.25) is 0 Å². The fourth-order valence-corrected chi connectivity index (χ4v) is 3.83. The Bertz CT molecular complexity index is 768. The van der Waals surface area contributed by atoms with E-state index < -0.39 is 11.8 Å². The lowest BCUT2D eigenvalue weighted by molar-refractivity contribution is -0.142. The Morgan fingerprint density at radius 3 is 2.63 bits per heavy atom. The van der Waals surface area contributed by atoms with Gasteiger partial charge in [0.2, 0.25) is 11.0 Å². The van der Waals surface area contributed by atoms with Crippen LogP contribution in [0.5, 0.6) is 0 Å². The van der Waals surface area contributed by atoms with Crippen molar-refractivity contribution in [1.82, 2.24) is 10.2 Å². The Kier molecular flexibility index (Phi) is 7.99. The highest BCUT2D eigenvalue weighted by molar-refractivity contribution is 8.01. The first-order valence-corrected chi connectivity index (χ1v) is 10.1. The van der Waals surface area contributed by atoms with Crippen LogP contribution < -0.4 is 10.2 Å². The minimum atomic E-state index is -0.528. The number of halogens is 1. The Morgan fingerprint density at radius 1 is 1.30 bits per heavy atom. The minimum absolute atomic E-state index is 0.0626. The third-order valence-electron chi connectivity index (χ3n) is 3.17. The average Bonchev–Trinajstić information content (AvgIpc) is 3.05. The van der Waals surface area contributed by atoms with Crippen LogP contribution >= 0.6 is 23.1 Å². The van der Waals surface area contributed by atoms with Gasteiger partial charge in [-0.2, -0.15) is 0 Å². The molecule has 7 nitrogen and oxygen atoms in total. The van der Waals surface area contributed by atoms with Crippen molar-refractivity contribution >= 4 is 45.8 Å². The lowest BCUT2D eigenvalue weighted by Gasteiger charge is -2.21. The van der Waals surface area contributed by atoms with Gasteiger partial charge in [0.15, 0.2) is 4.34 Å². The van der Waals surface area contributed by atoms with Gasteiger partial charge in [-0.1, -0.05) is 23.1 Å². The Balaban J connectivity index is 2.05. The summed E-state index contributed by atoms with van der Waals surface area (Å²) in [5.41, 5.74) is 0.425. The second kappa shape index (κ2) is 10.2. The standard InChI is InChI=1S/C17H21FN4O3S2/c1-4-25-15(24)9-22(13-7-5-12(18)6-8-13)14(23)10-26-17-21-20-16(27-17)19-11(2)3/h5-8,11H,4,9-10H2,1-3H3,(H,19,20). The lowest BCUT2D eigenvalue weighted by Crippen LogP contribution is -2.37. The Hall–Kier alpha value is -2.20. The molecular weight excluding hydrogens is 391 g/mol. The minimum Gasteiger partial charge on any atom is -0.465 e. The number of nitrogens with zero attached hydrogens (tertiary/aromatic N) is 3. The molecule has 0 spiro atoms. The molecule has 1 aromatic carbocycles. The maximum absolute atomic E-state index is 13.2. The number of thioether (sulfide) groups is 1. The van der Waals surface area contributed by atoms with E-state index in [-0.39, 0.29) is 30.9 Å². The molecular formula is C17H21FN4O3S2. The van der Waals surface area contributed by atoms with Crippen molar-refractivity contribution < 1.29 is 18.7 Å². The van der Waals surface area contributed by atoms with Gasteiger partial charge in [-0.25, -0.2) is 4.39 Å². The Labute approximate surface area is 165 Å². The van der Waals surface area contributed by atoms with Gasteiger partial charge in [0.05, 0.1) is 12.4 Å². The average molecular weight is 413 g/mol. The molecule has 0 fully saturated rings. The maximum Gasteiger partial charge on any atom is 0.326 e. The van der Waals surface area contributed by atoms with Gasteiger partial charge in [0, 0.05) is 11.7 Å². The van der Waals surface area contributed by atoms with E-state index in [1.165, 1.54) is 52.3 Å². The van der Waals surface area contributed by atoms with Crippen LogP contribution in [-0.4, -0.2) is 47.0 Å². The van der Waals surface area contributed by atoms with E-state index in [2.05, 4.69) is 15.5 Å². The molecule has 0 aliphatic carbocycles. The molecule has 10 heteroatoms. The SMILES string of the molecule is CCOC(=O)CN(C(=O)CSc1nnc(NC(C)C)s1)c1ccc(F)cc1. The summed E-state index contributed by atoms with van der Waals surface area (Å²) in [4.78, 5) is 25.8. The predicted octanol–water partition coefficient (Wildman–Crippen LogP) is 3.19. The number of anilines is 2. The molecule has 0 aliphatic rings. The second-order valence-electron chi connectivity index (χ2n) is 5.72. The van der Waals surface area contributed by atoms with Crippen LogP contribution in [0.15, 0.2) is 28.6 Å². The van der Waals surface area contributed by atoms with Gasteiger partial charge in [0.1, 0.15) is 12.4 Å². The third kappa shape index (κ3) is 6.79. The topological polar surface area (TPSA) is 84.4 Å². The van der Waals surface area contributed by atoms with E-state index in [0.29, 0.717) is 15.2 Å². The highest BCUT2D eigenvalue weighted by Gasteiger charge is 2.21. The number of rotatable bonds is 9. The van der Waals surface area contributed by atoms with Crippen molar-refractivity contribution in [1.29, 1.82) is 0 Å². The second-order valence-corrected chi connectivity index (χ2v) is 7.92. The number of hydrogen-bond acceptors (Lipinski definition) is 8. The molecule has 0 unspecified atom stereocenters. The summed E-state index contributed by atoms with van der Waals surface area (Å²) < 4.78 is 18.7. The maximum atomic E-state index is 13.2. The zero-order valence-corrected chi connectivity index (χ0v) is 16.9. The van der Waals surface area contributed by atoms with Crippen LogP contribution in [0.3, 0.4) is 0 Å². The summed E-state index contributed by atoms with van der Waals surface area (Å²) >= 11 is 2.58. The quantitative estimate of drug-likeness (QED) is 0.500. The van der Waals surface area contributed by atoms with Crippen LogP contribution in [-0.2, 0) is 14.3 Å². The number of hydrogen-bond donors (Lipinski definition) is 1. The molecule has 0 bridgehead atoms. The molecule has 146 valence electrons. The fraction of sp³-hybridized carbons (Fsp3) is 0.412. The highest BCUT2D eigenvalue weighted by atomic mass is 32.2. The van der Waals surface area contributed by atoms with Gasteiger partial charge in [-0.05, 0) is 45.0 Å². The molecule has 1 aromatic heterocycles. The molecule has 0 aliphatic heterocycles. The zero-order valence-electron chi connectivity index (χ0n) is 15.3. The normalized spacial score (nSPS) is 10.7. The molecule has 0 saturated heterocycles. The number of aromatic nitrogens is 2. The van der Waals surface area contributed by atoms with Gasteiger partial charge in [-0.3, -0.25) is 9.59 Å². The molecule has 1 N–H and O–H groups in total. The summed E-state index contributed by atoms with van der Waals surface area (Å²) in [5.74, 6) is -1.20. The molecule has 0 saturated carbocycles. The van der Waals surface area contributed by atoms with Gasteiger partial charge in [-0.15, -0.1) is 10.2 Å². The summed E-state index contributed by atoms with van der Waals surface area (Å²) in [5, 5.41) is 11.9. The van der Waals surface area contributed by atoms with Crippen LogP contribution in [0.25, 0.3) is 0 Å². The van der Waals surface area contributed by atoms with Crippen molar-refractivity contribution in [3.63, 3.8) is 0 Å². The number of benzene rings is 1. The molecule has 2 aromatic rings. The predicted molar refractivity (Wildman–Crippen MR) is 105 cm³/mol. The first kappa shape index (κ1) is 21.1. The first-order valence-electron chi connectivity index (χ1n) is 8.33. The monoisotopic (exact) mass is 412 g/mol. The molecule has 2 rings (SSSR count). The molecule has 1 amide bonds. The van der Waals surface area contributed by atoms with Gasteiger partial charge >= 0.3 is 5.97 Å². The number of carbonyl (C=O) groups is 2. The van der Waals surface area contributed by atoms with Gasteiger partial charge < -0.3 is 15.0 Å². The van der Waals surface area contributed by atoms with E-state index in [1.807, 2.05) is 13.8 Å². The van der Waals surface area contributed by atoms with Gasteiger partial charge in [0.25, 0.3) is 0 Å². The van der Waals surface area contributed by atoms with E-state index in [9.17, 15) is 14.0 Å². The largest absolute Gasteiger partial charge is 0.465 e. The third-order valence-corrected chi connectivity index (χ3v) is 5.14. The van der Waals surface area contributed by atoms with E-state index in [0.717, 1.165) is 0 Å². The number of esters is 1. The van der Waals surface area contributed by atoms with Crippen molar-refractivity contribution in [3.05, 3.63) is 30.1 Å². The molecule has 1 heterocycles. The summed E-state index contributed by atoms with van der Waals surface area (Å²) in [6.45, 7) is 5.65. The van der Waals surface area contributed by atoms with Crippen LogP contribution in [0.4, 0.5) is 15.2 Å². The van der Waals surface area contributed by atoms with E-state index >= 15 is 0 Å². The van der Waals surface area contributed by atoms with E-state index in [4.69, 9.17) is 4.74 Å². The van der Waals surface area contributed by atoms with Crippen molar-refractivity contribution in [3.8, 4) is 0 Å². The fourth-order valence-electron chi connectivity index (χ4n) is 2.05. The zero-order chi connectivity index (χ0) is 19.8. The Morgan fingerprint density at radius 2 is 2.00 bits per heavy atom. The molecule has 27 heavy (non-hydrogen) atoms. The first-order chi connectivity index (χ1) is 12.9.